The van der Waals surface area contributed by atoms with Crippen LogP contribution in [0, 0.1) is 0 Å². The normalized spacial score (nSPS) is 14.7. The molecule has 1 atom stereocenters. The lowest BCUT2D eigenvalue weighted by molar-refractivity contribution is -0.121. The molecule has 10 nitrogen and oxygen atoms in total. The smallest absolute Gasteiger partial charge is 0.338 e. The maximum atomic E-state index is 13.0. The first kappa shape index (κ1) is 27.9. The molecule has 1 aliphatic heterocycles. The highest BCUT2D eigenvalue weighted by molar-refractivity contribution is 8.00. The number of hydrogen-bond donors (Lipinski definition) is 2. The fourth-order valence-corrected chi connectivity index (χ4v) is 5.94. The van der Waals surface area contributed by atoms with E-state index >= 15 is 0 Å². The molecule has 0 radical (unpaired) electrons. The Morgan fingerprint density at radius 1 is 1.10 bits per heavy atom. The van der Waals surface area contributed by atoms with Gasteiger partial charge in [-0.25, -0.2) is 14.7 Å². The first-order valence-electron chi connectivity index (χ1n) is 12.4. The topological polar surface area (TPSA) is 141 Å². The zero-order chi connectivity index (χ0) is 28.9. The molecule has 12 heteroatoms. The van der Waals surface area contributed by atoms with Crippen molar-refractivity contribution in [3.05, 3.63) is 83.7 Å². The summed E-state index contributed by atoms with van der Waals surface area (Å²) >= 11 is 2.52. The number of carbonyl (C=O) groups excluding carboxylic acids is 4. The number of imide groups is 1. The number of amides is 3. The van der Waals surface area contributed by atoms with E-state index in [1.165, 1.54) is 47.4 Å². The summed E-state index contributed by atoms with van der Waals surface area (Å²) in [6.45, 7) is -0.513. The van der Waals surface area contributed by atoms with Crippen molar-refractivity contribution in [3.63, 3.8) is 0 Å². The summed E-state index contributed by atoms with van der Waals surface area (Å²) in [4.78, 5) is 56.8. The lowest BCUT2D eigenvalue weighted by Crippen LogP contribution is -2.31. The van der Waals surface area contributed by atoms with Gasteiger partial charge in [-0.2, -0.15) is 0 Å². The van der Waals surface area contributed by atoms with Crippen molar-refractivity contribution in [1.29, 1.82) is 0 Å². The number of nitrogen functional groups attached to an aromatic ring is 1. The second-order valence-corrected chi connectivity index (χ2v) is 11.0. The Balaban J connectivity index is 1.14. The monoisotopic (exact) mass is 588 g/mol. The van der Waals surface area contributed by atoms with Gasteiger partial charge in [-0.3, -0.25) is 19.7 Å². The Labute approximate surface area is 243 Å². The molecule has 1 saturated heterocycles. The number of rotatable bonds is 9. The molecule has 3 N–H and O–H groups in total. The third-order valence-corrected chi connectivity index (χ3v) is 7.99. The first-order valence-corrected chi connectivity index (χ1v) is 14.1. The molecular formula is C29H24N4O6S2. The van der Waals surface area contributed by atoms with Gasteiger partial charge < -0.3 is 15.2 Å². The highest BCUT2D eigenvalue weighted by Gasteiger charge is 2.40. The third kappa shape index (κ3) is 6.56. The van der Waals surface area contributed by atoms with Gasteiger partial charge in [0.05, 0.1) is 29.3 Å². The first-order chi connectivity index (χ1) is 19.8. The summed E-state index contributed by atoms with van der Waals surface area (Å²) < 4.78 is 10.4. The molecular weight excluding hydrogens is 564 g/mol. The van der Waals surface area contributed by atoms with Gasteiger partial charge in [-0.15, -0.1) is 23.1 Å². The number of nitrogens with two attached hydrogens (primary N) is 1. The second-order valence-electron chi connectivity index (χ2n) is 8.89. The maximum Gasteiger partial charge on any atom is 0.338 e. The minimum atomic E-state index is -0.725. The van der Waals surface area contributed by atoms with Crippen LogP contribution in [0.2, 0.25) is 0 Å². The number of ether oxygens (including phenoxy) is 2. The van der Waals surface area contributed by atoms with Crippen molar-refractivity contribution in [3.8, 4) is 17.0 Å². The van der Waals surface area contributed by atoms with Crippen LogP contribution >= 0.6 is 23.1 Å². The van der Waals surface area contributed by atoms with Gasteiger partial charge >= 0.3 is 5.97 Å². The van der Waals surface area contributed by atoms with E-state index in [1.807, 2.05) is 30.3 Å². The van der Waals surface area contributed by atoms with Gasteiger partial charge in [0.25, 0.3) is 5.91 Å². The molecule has 4 aromatic rings. The van der Waals surface area contributed by atoms with Crippen LogP contribution in [0.3, 0.4) is 0 Å². The number of nitrogens with one attached hydrogen (secondary N) is 1. The average Bonchev–Trinajstić information content (AvgIpc) is 3.55. The van der Waals surface area contributed by atoms with Crippen LogP contribution in [0.15, 0.2) is 83.1 Å². The number of hydrogen-bond acceptors (Lipinski definition) is 10. The summed E-state index contributed by atoms with van der Waals surface area (Å²) in [7, 11) is 1.58. The highest BCUT2D eigenvalue weighted by Crippen LogP contribution is 2.34. The predicted molar refractivity (Wildman–Crippen MR) is 157 cm³/mol. The summed E-state index contributed by atoms with van der Waals surface area (Å²) in [6, 6.07) is 20.4. The van der Waals surface area contributed by atoms with E-state index in [-0.39, 0.29) is 23.8 Å². The van der Waals surface area contributed by atoms with E-state index in [0.29, 0.717) is 27.9 Å². The fraction of sp³-hybridized carbons (Fsp3) is 0.138. The number of carbonyl (C=O) groups is 4. The molecule has 0 bridgehead atoms. The molecule has 1 fully saturated rings. The molecule has 41 heavy (non-hydrogen) atoms. The minimum Gasteiger partial charge on any atom is -0.497 e. The van der Waals surface area contributed by atoms with Crippen LogP contribution in [0.5, 0.6) is 5.75 Å². The number of esters is 1. The van der Waals surface area contributed by atoms with Crippen LogP contribution in [0.25, 0.3) is 11.3 Å². The van der Waals surface area contributed by atoms with Crippen LogP contribution in [0.1, 0.15) is 16.8 Å². The Hall–Kier alpha value is -4.68. The SMILES string of the molecule is COc1cccc(-c2csc(NC(=O)COC(=O)c3ccc(N4C(=O)CC(Sc5cccc(N)c5)C4=O)cc3)n2)c1. The molecule has 0 spiro atoms. The largest absolute Gasteiger partial charge is 0.497 e. The molecule has 1 aromatic heterocycles. The van der Waals surface area contributed by atoms with Gasteiger partial charge in [-0.1, -0.05) is 18.2 Å². The van der Waals surface area contributed by atoms with Crippen LogP contribution in [0.4, 0.5) is 16.5 Å². The van der Waals surface area contributed by atoms with Gasteiger partial charge in [0.1, 0.15) is 5.75 Å². The van der Waals surface area contributed by atoms with Crippen LogP contribution in [-0.2, 0) is 19.1 Å². The Morgan fingerprint density at radius 2 is 1.88 bits per heavy atom. The predicted octanol–water partition coefficient (Wildman–Crippen LogP) is 4.62. The Kier molecular flexibility index (Phi) is 8.31. The molecule has 3 amide bonds. The summed E-state index contributed by atoms with van der Waals surface area (Å²) in [5, 5.41) is 4.20. The van der Waals surface area contributed by atoms with E-state index in [2.05, 4.69) is 10.3 Å². The summed E-state index contributed by atoms with van der Waals surface area (Å²) in [5.41, 5.74) is 8.41. The molecule has 1 unspecified atom stereocenters. The van der Waals surface area contributed by atoms with Crippen molar-refractivity contribution in [2.24, 2.45) is 0 Å². The average molecular weight is 589 g/mol. The maximum absolute atomic E-state index is 13.0. The lowest BCUT2D eigenvalue weighted by Gasteiger charge is -2.15. The van der Waals surface area contributed by atoms with Crippen LogP contribution in [-0.4, -0.2) is 47.6 Å². The van der Waals surface area contributed by atoms with Crippen molar-refractivity contribution in [2.45, 2.75) is 16.6 Å². The fourth-order valence-electron chi connectivity index (χ4n) is 4.08. The molecule has 208 valence electrons. The summed E-state index contributed by atoms with van der Waals surface area (Å²) in [5.74, 6) is -1.25. The van der Waals surface area contributed by atoms with Gasteiger partial charge in [-0.05, 0) is 54.6 Å². The van der Waals surface area contributed by atoms with Crippen LogP contribution < -0.4 is 20.7 Å². The zero-order valence-electron chi connectivity index (χ0n) is 21.7. The van der Waals surface area contributed by atoms with E-state index in [1.54, 1.807) is 30.7 Å². The molecule has 2 heterocycles. The third-order valence-electron chi connectivity index (χ3n) is 6.05. The number of nitrogens with zero attached hydrogens (tertiary/aromatic N) is 2. The number of thiazole rings is 1. The standard InChI is InChI=1S/C29H24N4O6S2/c1-38-21-6-2-4-18(12-21)23-16-40-29(31-23)32-25(34)15-39-28(37)17-8-10-20(11-9-17)33-26(35)14-24(27(33)36)41-22-7-3-5-19(30)13-22/h2-13,16,24H,14-15,30H2,1H3,(H,31,32,34). The second kappa shape index (κ2) is 12.2. The highest BCUT2D eigenvalue weighted by atomic mass is 32.2. The lowest BCUT2D eigenvalue weighted by atomic mass is 10.2. The molecule has 1 aliphatic rings. The number of anilines is 3. The van der Waals surface area contributed by atoms with E-state index in [4.69, 9.17) is 15.2 Å². The minimum absolute atomic E-state index is 0.0529. The number of aromatic nitrogens is 1. The zero-order valence-corrected chi connectivity index (χ0v) is 23.4. The summed E-state index contributed by atoms with van der Waals surface area (Å²) in [6.07, 6.45) is 0.0529. The van der Waals surface area contributed by atoms with E-state index in [9.17, 15) is 19.2 Å². The van der Waals surface area contributed by atoms with Gasteiger partial charge in [0.15, 0.2) is 11.7 Å². The Morgan fingerprint density at radius 3 is 2.63 bits per heavy atom. The quantitative estimate of drug-likeness (QED) is 0.163. The van der Waals surface area contributed by atoms with E-state index in [0.717, 1.165) is 15.4 Å². The Bertz CT molecular complexity index is 1620. The van der Waals surface area contributed by atoms with Crippen molar-refractivity contribution < 1.29 is 28.7 Å². The number of thioether (sulfide) groups is 1. The molecule has 0 saturated carbocycles. The van der Waals surface area contributed by atoms with Crippen molar-refractivity contribution >= 4 is 63.3 Å². The van der Waals surface area contributed by atoms with E-state index < -0.39 is 23.7 Å². The van der Waals surface area contributed by atoms with Crippen molar-refractivity contribution in [1.82, 2.24) is 4.98 Å². The van der Waals surface area contributed by atoms with Gasteiger partial charge in [0, 0.05) is 27.9 Å². The molecule has 0 aliphatic carbocycles. The van der Waals surface area contributed by atoms with Crippen molar-refractivity contribution in [2.75, 3.05) is 29.7 Å². The van der Waals surface area contributed by atoms with Gasteiger partial charge in [0.2, 0.25) is 11.8 Å². The molecule has 5 rings (SSSR count). The molecule has 3 aromatic carbocycles. The number of benzene rings is 3. The number of methoxy groups -OCH3 is 1.